The van der Waals surface area contributed by atoms with E-state index in [0.717, 1.165) is 18.7 Å². The van der Waals surface area contributed by atoms with Crippen LogP contribution in [-0.4, -0.2) is 12.3 Å². The van der Waals surface area contributed by atoms with Crippen LogP contribution in [-0.2, 0) is 5.75 Å². The van der Waals surface area contributed by atoms with Crippen molar-refractivity contribution in [3.63, 3.8) is 0 Å². The van der Waals surface area contributed by atoms with Crippen LogP contribution in [0, 0.1) is 0 Å². The van der Waals surface area contributed by atoms with Gasteiger partial charge in [-0.25, -0.2) is 0 Å². The zero-order chi connectivity index (χ0) is 8.65. The van der Waals surface area contributed by atoms with Crippen LogP contribution in [0.3, 0.4) is 0 Å². The van der Waals surface area contributed by atoms with Gasteiger partial charge in [0.15, 0.2) is 0 Å². The van der Waals surface area contributed by atoms with Gasteiger partial charge in [-0.2, -0.15) is 11.8 Å². The number of thioether (sulfide) groups is 1. The van der Waals surface area contributed by atoms with Gasteiger partial charge in [0.2, 0.25) is 0 Å². The lowest BCUT2D eigenvalue weighted by Crippen LogP contribution is -1.99. The van der Waals surface area contributed by atoms with Crippen LogP contribution in [0.25, 0.3) is 0 Å². The quantitative estimate of drug-likeness (QED) is 0.705. The molecule has 0 radical (unpaired) electrons. The summed E-state index contributed by atoms with van der Waals surface area (Å²) in [7, 11) is 0. The van der Waals surface area contributed by atoms with Crippen molar-refractivity contribution in [2.45, 2.75) is 12.2 Å². The first-order valence-electron chi connectivity index (χ1n) is 4.25. The monoisotopic (exact) mass is 181 g/mol. The fourth-order valence-electron chi connectivity index (χ4n) is 0.950. The smallest absolute Gasteiger partial charge is 0.0184 e. The highest BCUT2D eigenvalue weighted by molar-refractivity contribution is 7.98. The minimum Gasteiger partial charge on any atom is -0.330 e. The predicted octanol–water partition coefficient (Wildman–Crippen LogP) is 2.27. The maximum absolute atomic E-state index is 5.39. The third-order valence-electron chi connectivity index (χ3n) is 1.60. The van der Waals surface area contributed by atoms with Gasteiger partial charge in [-0.05, 0) is 24.3 Å². The maximum Gasteiger partial charge on any atom is 0.0184 e. The third-order valence-corrected chi connectivity index (χ3v) is 2.72. The molecule has 0 aliphatic heterocycles. The van der Waals surface area contributed by atoms with Crippen LogP contribution in [0.5, 0.6) is 0 Å². The van der Waals surface area contributed by atoms with E-state index in [4.69, 9.17) is 5.73 Å². The fourth-order valence-corrected chi connectivity index (χ4v) is 1.89. The molecule has 2 heteroatoms. The van der Waals surface area contributed by atoms with Crippen molar-refractivity contribution < 1.29 is 0 Å². The molecule has 0 spiro atoms. The molecule has 0 amide bonds. The molecule has 1 aromatic carbocycles. The second-order valence-corrected chi connectivity index (χ2v) is 3.79. The van der Waals surface area contributed by atoms with Crippen LogP contribution in [0.1, 0.15) is 12.0 Å². The largest absolute Gasteiger partial charge is 0.330 e. The van der Waals surface area contributed by atoms with Crippen molar-refractivity contribution in [1.29, 1.82) is 0 Å². The van der Waals surface area contributed by atoms with E-state index in [0.29, 0.717) is 0 Å². The average Bonchev–Trinajstić information content (AvgIpc) is 2.14. The van der Waals surface area contributed by atoms with Crippen LogP contribution in [0.15, 0.2) is 30.3 Å². The number of benzene rings is 1. The van der Waals surface area contributed by atoms with E-state index >= 15 is 0 Å². The molecule has 0 bridgehead atoms. The predicted molar refractivity (Wildman–Crippen MR) is 56.3 cm³/mol. The molecule has 0 saturated heterocycles. The van der Waals surface area contributed by atoms with E-state index in [1.165, 1.54) is 11.3 Å². The maximum atomic E-state index is 5.39. The second kappa shape index (κ2) is 6.09. The van der Waals surface area contributed by atoms with Gasteiger partial charge in [-0.15, -0.1) is 0 Å². The van der Waals surface area contributed by atoms with E-state index in [1.54, 1.807) is 0 Å². The normalized spacial score (nSPS) is 10.1. The molecule has 0 aliphatic rings. The summed E-state index contributed by atoms with van der Waals surface area (Å²) in [6, 6.07) is 10.5. The molecule has 0 fully saturated rings. The summed E-state index contributed by atoms with van der Waals surface area (Å²) in [6.45, 7) is 0.807. The van der Waals surface area contributed by atoms with Crippen LogP contribution < -0.4 is 5.73 Å². The van der Waals surface area contributed by atoms with Crippen LogP contribution in [0.4, 0.5) is 0 Å². The van der Waals surface area contributed by atoms with Gasteiger partial charge in [-0.3, -0.25) is 0 Å². The lowest BCUT2D eigenvalue weighted by molar-refractivity contribution is 0.943. The standard InChI is InChI=1S/C10H15NS/c11-7-4-8-12-9-10-5-2-1-3-6-10/h1-3,5-6H,4,7-9,11H2. The van der Waals surface area contributed by atoms with Crippen molar-refractivity contribution in [2.75, 3.05) is 12.3 Å². The zero-order valence-corrected chi connectivity index (χ0v) is 8.02. The second-order valence-electron chi connectivity index (χ2n) is 2.68. The van der Waals surface area contributed by atoms with E-state index < -0.39 is 0 Å². The van der Waals surface area contributed by atoms with Gasteiger partial charge < -0.3 is 5.73 Å². The van der Waals surface area contributed by atoms with Crippen LogP contribution in [0.2, 0.25) is 0 Å². The zero-order valence-electron chi connectivity index (χ0n) is 7.20. The van der Waals surface area contributed by atoms with Gasteiger partial charge in [0, 0.05) is 5.75 Å². The molecule has 1 nitrogen and oxygen atoms in total. The van der Waals surface area contributed by atoms with Crippen molar-refractivity contribution in [1.82, 2.24) is 0 Å². The van der Waals surface area contributed by atoms with E-state index in [-0.39, 0.29) is 0 Å². The summed E-state index contributed by atoms with van der Waals surface area (Å²) < 4.78 is 0. The van der Waals surface area contributed by atoms with Gasteiger partial charge in [0.05, 0.1) is 0 Å². The number of rotatable bonds is 5. The summed E-state index contributed by atoms with van der Waals surface area (Å²) in [5.41, 5.74) is 6.80. The Morgan fingerprint density at radius 1 is 1.17 bits per heavy atom. The average molecular weight is 181 g/mol. The molecule has 66 valence electrons. The van der Waals surface area contributed by atoms with E-state index in [2.05, 4.69) is 24.3 Å². The lowest BCUT2D eigenvalue weighted by Gasteiger charge is -1.99. The third kappa shape index (κ3) is 3.79. The Kier molecular flexibility index (Phi) is 4.88. The van der Waals surface area contributed by atoms with E-state index in [9.17, 15) is 0 Å². The van der Waals surface area contributed by atoms with Crippen LogP contribution >= 0.6 is 11.8 Å². The highest BCUT2D eigenvalue weighted by Gasteiger charge is 1.90. The molecule has 2 N–H and O–H groups in total. The Hall–Kier alpha value is -0.470. The molecule has 0 saturated carbocycles. The summed E-state index contributed by atoms with van der Waals surface area (Å²) >= 11 is 1.95. The Balaban J connectivity index is 2.16. The summed E-state index contributed by atoms with van der Waals surface area (Å²) in [4.78, 5) is 0. The molecule has 1 aromatic rings. The van der Waals surface area contributed by atoms with Gasteiger partial charge in [-0.1, -0.05) is 30.3 Å². The summed E-state index contributed by atoms with van der Waals surface area (Å²) in [5.74, 6) is 2.28. The highest BCUT2D eigenvalue weighted by Crippen LogP contribution is 2.11. The van der Waals surface area contributed by atoms with Crippen molar-refractivity contribution in [2.24, 2.45) is 5.73 Å². The molecule has 0 heterocycles. The first-order chi connectivity index (χ1) is 5.93. The first kappa shape index (κ1) is 9.62. The molecule has 1 rings (SSSR count). The SMILES string of the molecule is NCCCSCc1ccccc1. The molecule has 0 atom stereocenters. The number of nitrogens with two attached hydrogens (primary N) is 1. The number of hydrogen-bond donors (Lipinski definition) is 1. The molecular weight excluding hydrogens is 166 g/mol. The Bertz CT molecular complexity index is 198. The Morgan fingerprint density at radius 2 is 1.92 bits per heavy atom. The van der Waals surface area contributed by atoms with Crippen molar-refractivity contribution in [3.8, 4) is 0 Å². The minimum atomic E-state index is 0.807. The highest BCUT2D eigenvalue weighted by atomic mass is 32.2. The topological polar surface area (TPSA) is 26.0 Å². The van der Waals surface area contributed by atoms with Crippen molar-refractivity contribution >= 4 is 11.8 Å². The fraction of sp³-hybridized carbons (Fsp3) is 0.400. The minimum absolute atomic E-state index is 0.807. The first-order valence-corrected chi connectivity index (χ1v) is 5.40. The number of hydrogen-bond acceptors (Lipinski definition) is 2. The lowest BCUT2D eigenvalue weighted by atomic mass is 10.2. The molecule has 12 heavy (non-hydrogen) atoms. The molecule has 0 aromatic heterocycles. The van der Waals surface area contributed by atoms with Gasteiger partial charge >= 0.3 is 0 Å². The Labute approximate surface area is 78.4 Å². The molecule has 0 unspecified atom stereocenters. The molecular formula is C10H15NS. The van der Waals surface area contributed by atoms with Crippen molar-refractivity contribution in [3.05, 3.63) is 35.9 Å². The summed E-state index contributed by atoms with van der Waals surface area (Å²) in [6.07, 6.45) is 1.12. The van der Waals surface area contributed by atoms with E-state index in [1.807, 2.05) is 17.8 Å². The van der Waals surface area contributed by atoms with Gasteiger partial charge in [0.1, 0.15) is 0 Å². The summed E-state index contributed by atoms with van der Waals surface area (Å²) in [5, 5.41) is 0. The Morgan fingerprint density at radius 3 is 2.58 bits per heavy atom. The van der Waals surface area contributed by atoms with Gasteiger partial charge in [0.25, 0.3) is 0 Å². The molecule has 0 aliphatic carbocycles.